The van der Waals surface area contributed by atoms with Crippen molar-refractivity contribution in [3.05, 3.63) is 17.8 Å². The van der Waals surface area contributed by atoms with Crippen LogP contribution in [0, 0.1) is 6.92 Å². The van der Waals surface area contributed by atoms with E-state index in [9.17, 15) is 4.79 Å². The molecule has 6 heteroatoms. The highest BCUT2D eigenvalue weighted by molar-refractivity contribution is 5.74. The molecule has 1 aromatic rings. The Labute approximate surface area is 93.0 Å². The van der Waals surface area contributed by atoms with Crippen LogP contribution < -0.4 is 10.6 Å². The van der Waals surface area contributed by atoms with E-state index in [0.717, 1.165) is 19.5 Å². The lowest BCUT2D eigenvalue weighted by atomic mass is 10.2. The van der Waals surface area contributed by atoms with Crippen molar-refractivity contribution in [1.29, 1.82) is 0 Å². The van der Waals surface area contributed by atoms with Crippen molar-refractivity contribution in [3.63, 3.8) is 0 Å². The van der Waals surface area contributed by atoms with Gasteiger partial charge in [0.15, 0.2) is 17.7 Å². The van der Waals surface area contributed by atoms with Crippen LogP contribution in [0.5, 0.6) is 0 Å². The van der Waals surface area contributed by atoms with Gasteiger partial charge in [0.2, 0.25) is 0 Å². The van der Waals surface area contributed by atoms with Gasteiger partial charge in [-0.2, -0.15) is 0 Å². The van der Waals surface area contributed by atoms with Crippen molar-refractivity contribution >= 4 is 5.97 Å². The van der Waals surface area contributed by atoms with Crippen LogP contribution >= 0.6 is 0 Å². The van der Waals surface area contributed by atoms with Gasteiger partial charge in [-0.05, 0) is 13.0 Å². The van der Waals surface area contributed by atoms with E-state index in [1.54, 1.807) is 6.92 Å². The van der Waals surface area contributed by atoms with Crippen LogP contribution in [0.2, 0.25) is 0 Å². The van der Waals surface area contributed by atoms with Crippen molar-refractivity contribution in [3.8, 4) is 0 Å². The number of carboxylic acids is 1. The van der Waals surface area contributed by atoms with Gasteiger partial charge < -0.3 is 14.8 Å². The van der Waals surface area contributed by atoms with Crippen molar-refractivity contribution in [2.24, 2.45) is 0 Å². The van der Waals surface area contributed by atoms with Gasteiger partial charge in [0.1, 0.15) is 0 Å². The highest BCUT2D eigenvalue weighted by Crippen LogP contribution is 2.16. The first-order valence-electron chi connectivity index (χ1n) is 5.28. The summed E-state index contributed by atoms with van der Waals surface area (Å²) >= 11 is 0. The van der Waals surface area contributed by atoms with E-state index in [1.807, 2.05) is 0 Å². The third-order valence-corrected chi connectivity index (χ3v) is 2.63. The Morgan fingerprint density at radius 2 is 2.62 bits per heavy atom. The molecule has 0 aliphatic carbocycles. The topological polar surface area (TPSA) is 87.4 Å². The summed E-state index contributed by atoms with van der Waals surface area (Å²) in [4.78, 5) is 15.0. The van der Waals surface area contributed by atoms with Crippen LogP contribution in [0.25, 0.3) is 0 Å². The molecule has 1 saturated heterocycles. The van der Waals surface area contributed by atoms with Crippen LogP contribution in [0.1, 0.15) is 24.1 Å². The van der Waals surface area contributed by atoms with Crippen LogP contribution in [-0.4, -0.2) is 35.2 Å². The molecule has 88 valence electrons. The van der Waals surface area contributed by atoms with E-state index in [2.05, 4.69) is 15.6 Å². The fourth-order valence-corrected chi connectivity index (χ4v) is 1.82. The fourth-order valence-electron chi connectivity index (χ4n) is 1.82. The predicted molar refractivity (Wildman–Crippen MR) is 56.0 cm³/mol. The molecule has 0 bridgehead atoms. The number of hydrogen-bond acceptors (Lipinski definition) is 5. The summed E-state index contributed by atoms with van der Waals surface area (Å²) in [5.41, 5.74) is 0. The van der Waals surface area contributed by atoms with Gasteiger partial charge in [-0.25, -0.2) is 4.98 Å². The summed E-state index contributed by atoms with van der Waals surface area (Å²) in [6, 6.07) is -0.641. The Kier molecular flexibility index (Phi) is 3.21. The summed E-state index contributed by atoms with van der Waals surface area (Å²) in [5, 5.41) is 15.3. The number of aliphatic carboxylic acids is 1. The van der Waals surface area contributed by atoms with E-state index < -0.39 is 12.0 Å². The maximum absolute atomic E-state index is 11.1. The first-order chi connectivity index (χ1) is 7.66. The largest absolute Gasteiger partial charge is 0.480 e. The quantitative estimate of drug-likeness (QED) is 0.671. The first kappa shape index (κ1) is 11.1. The third kappa shape index (κ3) is 2.40. The molecule has 0 aromatic carbocycles. The highest BCUT2D eigenvalue weighted by Gasteiger charge is 2.27. The highest BCUT2D eigenvalue weighted by atomic mass is 16.4. The maximum Gasteiger partial charge on any atom is 0.328 e. The predicted octanol–water partition coefficient (Wildman–Crippen LogP) is 0.0602. The molecule has 16 heavy (non-hydrogen) atoms. The average Bonchev–Trinajstić information content (AvgIpc) is 2.84. The minimum atomic E-state index is -0.942. The zero-order chi connectivity index (χ0) is 11.5. The molecule has 1 aromatic heterocycles. The van der Waals surface area contributed by atoms with Gasteiger partial charge in [-0.3, -0.25) is 10.1 Å². The second kappa shape index (κ2) is 4.63. The van der Waals surface area contributed by atoms with Crippen LogP contribution in [0.4, 0.5) is 0 Å². The normalized spacial score (nSPS) is 22.2. The SMILES string of the molecule is Cc1ncc(C(NC2CCNC2)C(=O)O)o1. The Morgan fingerprint density at radius 3 is 3.12 bits per heavy atom. The van der Waals surface area contributed by atoms with E-state index in [1.165, 1.54) is 6.20 Å². The zero-order valence-electron chi connectivity index (χ0n) is 9.06. The number of carboxylic acid groups (broad SMARTS) is 1. The smallest absolute Gasteiger partial charge is 0.328 e. The van der Waals surface area contributed by atoms with Gasteiger partial charge in [0, 0.05) is 19.5 Å². The van der Waals surface area contributed by atoms with Crippen molar-refractivity contribution in [1.82, 2.24) is 15.6 Å². The Hall–Kier alpha value is -1.40. The molecule has 2 unspecified atom stereocenters. The fraction of sp³-hybridized carbons (Fsp3) is 0.600. The molecule has 1 aliphatic rings. The molecule has 2 rings (SSSR count). The number of aromatic nitrogens is 1. The molecule has 0 spiro atoms. The van der Waals surface area contributed by atoms with E-state index in [-0.39, 0.29) is 6.04 Å². The minimum absolute atomic E-state index is 0.173. The van der Waals surface area contributed by atoms with Crippen molar-refractivity contribution < 1.29 is 14.3 Å². The van der Waals surface area contributed by atoms with Gasteiger partial charge in [0.25, 0.3) is 0 Å². The van der Waals surface area contributed by atoms with Crippen molar-refractivity contribution in [2.45, 2.75) is 25.4 Å². The number of aryl methyl sites for hydroxylation is 1. The molecule has 1 aliphatic heterocycles. The standard InChI is InChI=1S/C10H15N3O3/c1-6-12-5-8(16-6)9(10(14)15)13-7-2-3-11-4-7/h5,7,9,11,13H,2-4H2,1H3,(H,14,15). The van der Waals surface area contributed by atoms with Gasteiger partial charge >= 0.3 is 5.97 Å². The number of carbonyl (C=O) groups is 1. The molecule has 6 nitrogen and oxygen atoms in total. The zero-order valence-corrected chi connectivity index (χ0v) is 9.06. The summed E-state index contributed by atoms with van der Waals surface area (Å²) in [5.74, 6) is -0.104. The number of oxazole rings is 1. The lowest BCUT2D eigenvalue weighted by molar-refractivity contribution is -0.140. The van der Waals surface area contributed by atoms with E-state index in [4.69, 9.17) is 9.52 Å². The molecular weight excluding hydrogens is 210 g/mol. The summed E-state index contributed by atoms with van der Waals surface area (Å²) in [7, 11) is 0. The van der Waals surface area contributed by atoms with Crippen LogP contribution in [-0.2, 0) is 4.79 Å². The summed E-state index contributed by atoms with van der Waals surface area (Å²) < 4.78 is 5.24. The van der Waals surface area contributed by atoms with Gasteiger partial charge in [-0.15, -0.1) is 0 Å². The van der Waals surface area contributed by atoms with Crippen LogP contribution in [0.15, 0.2) is 10.6 Å². The minimum Gasteiger partial charge on any atom is -0.480 e. The molecular formula is C10H15N3O3. The van der Waals surface area contributed by atoms with E-state index >= 15 is 0 Å². The molecule has 1 fully saturated rings. The monoisotopic (exact) mass is 225 g/mol. The Morgan fingerprint density at radius 1 is 1.81 bits per heavy atom. The lowest BCUT2D eigenvalue weighted by Crippen LogP contribution is -2.38. The number of hydrogen-bond donors (Lipinski definition) is 3. The number of nitrogens with one attached hydrogen (secondary N) is 2. The summed E-state index contributed by atoms with van der Waals surface area (Å²) in [6.07, 6.45) is 2.39. The Balaban J connectivity index is 2.07. The number of nitrogens with zero attached hydrogens (tertiary/aromatic N) is 1. The maximum atomic E-state index is 11.1. The van der Waals surface area contributed by atoms with Gasteiger partial charge in [0.05, 0.1) is 6.20 Å². The molecule has 0 saturated carbocycles. The molecule has 2 heterocycles. The first-order valence-corrected chi connectivity index (χ1v) is 5.28. The van der Waals surface area contributed by atoms with E-state index in [0.29, 0.717) is 11.7 Å². The molecule has 3 N–H and O–H groups in total. The third-order valence-electron chi connectivity index (χ3n) is 2.63. The molecule has 0 amide bonds. The van der Waals surface area contributed by atoms with Gasteiger partial charge in [-0.1, -0.05) is 0 Å². The average molecular weight is 225 g/mol. The van der Waals surface area contributed by atoms with Crippen LogP contribution in [0.3, 0.4) is 0 Å². The second-order valence-electron chi connectivity index (χ2n) is 3.91. The second-order valence-corrected chi connectivity index (χ2v) is 3.91. The molecule has 0 radical (unpaired) electrons. The Bertz CT molecular complexity index is 371. The summed E-state index contributed by atoms with van der Waals surface area (Å²) in [6.45, 7) is 3.40. The molecule has 2 atom stereocenters. The van der Waals surface area contributed by atoms with Crippen molar-refractivity contribution in [2.75, 3.05) is 13.1 Å². The number of rotatable bonds is 4. The lowest BCUT2D eigenvalue weighted by Gasteiger charge is -2.16.